The molecule has 2 aromatic rings. The molecule has 1 N–H and O–H groups in total. The first kappa shape index (κ1) is 12.9. The molecular formula is C13H7ClN2O3. The SMILES string of the molecule is N#Cc1ccc(Oc2cnccc2C(=O)O)cc1Cl. The maximum absolute atomic E-state index is 11.0. The molecule has 2 rings (SSSR count). The van der Waals surface area contributed by atoms with E-state index in [9.17, 15) is 4.79 Å². The van der Waals surface area contributed by atoms with Crippen LogP contribution in [0.25, 0.3) is 0 Å². The van der Waals surface area contributed by atoms with E-state index in [-0.39, 0.29) is 16.3 Å². The number of aromatic nitrogens is 1. The van der Waals surface area contributed by atoms with E-state index in [0.717, 1.165) is 0 Å². The predicted octanol–water partition coefficient (Wildman–Crippen LogP) is 3.10. The molecule has 0 spiro atoms. The van der Waals surface area contributed by atoms with E-state index in [1.54, 1.807) is 0 Å². The van der Waals surface area contributed by atoms with Crippen molar-refractivity contribution in [2.45, 2.75) is 0 Å². The molecule has 94 valence electrons. The minimum Gasteiger partial charge on any atom is -0.478 e. The van der Waals surface area contributed by atoms with Crippen LogP contribution in [0.15, 0.2) is 36.7 Å². The number of pyridine rings is 1. The number of carboxylic acid groups (broad SMARTS) is 1. The van der Waals surface area contributed by atoms with E-state index in [0.29, 0.717) is 11.3 Å². The maximum Gasteiger partial charge on any atom is 0.339 e. The summed E-state index contributed by atoms with van der Waals surface area (Å²) in [6.07, 6.45) is 2.66. The first-order chi connectivity index (χ1) is 9.11. The lowest BCUT2D eigenvalue weighted by Crippen LogP contribution is -2.00. The van der Waals surface area contributed by atoms with Crippen LogP contribution in [0.4, 0.5) is 0 Å². The van der Waals surface area contributed by atoms with Gasteiger partial charge in [-0.1, -0.05) is 11.6 Å². The van der Waals surface area contributed by atoms with Crippen molar-refractivity contribution < 1.29 is 14.6 Å². The quantitative estimate of drug-likeness (QED) is 0.930. The molecule has 0 atom stereocenters. The number of ether oxygens (including phenoxy) is 1. The van der Waals surface area contributed by atoms with Crippen molar-refractivity contribution in [3.8, 4) is 17.6 Å². The summed E-state index contributed by atoms with van der Waals surface area (Å²) in [6.45, 7) is 0. The number of benzene rings is 1. The largest absolute Gasteiger partial charge is 0.478 e. The number of nitriles is 1. The maximum atomic E-state index is 11.0. The lowest BCUT2D eigenvalue weighted by atomic mass is 10.2. The Bertz CT molecular complexity index is 680. The number of hydrogen-bond donors (Lipinski definition) is 1. The van der Waals surface area contributed by atoms with E-state index in [1.807, 2.05) is 6.07 Å². The van der Waals surface area contributed by atoms with Crippen LogP contribution in [0, 0.1) is 11.3 Å². The Hall–Kier alpha value is -2.58. The van der Waals surface area contributed by atoms with Gasteiger partial charge in [0.2, 0.25) is 0 Å². The van der Waals surface area contributed by atoms with E-state index in [1.165, 1.54) is 36.7 Å². The molecule has 19 heavy (non-hydrogen) atoms. The zero-order valence-corrected chi connectivity index (χ0v) is 10.3. The molecule has 1 heterocycles. The van der Waals surface area contributed by atoms with Crippen LogP contribution in [0.5, 0.6) is 11.5 Å². The molecule has 0 bridgehead atoms. The van der Waals surface area contributed by atoms with Gasteiger partial charge in [0.15, 0.2) is 5.75 Å². The minimum absolute atomic E-state index is 0.00418. The van der Waals surface area contributed by atoms with Crippen molar-refractivity contribution in [2.24, 2.45) is 0 Å². The highest BCUT2D eigenvalue weighted by Crippen LogP contribution is 2.28. The second-order valence-corrected chi connectivity index (χ2v) is 3.94. The lowest BCUT2D eigenvalue weighted by Gasteiger charge is -2.08. The van der Waals surface area contributed by atoms with Gasteiger partial charge in [0.05, 0.1) is 16.8 Å². The second kappa shape index (κ2) is 5.38. The Morgan fingerprint density at radius 2 is 2.21 bits per heavy atom. The van der Waals surface area contributed by atoms with E-state index in [4.69, 9.17) is 26.7 Å². The molecule has 0 saturated heterocycles. The molecule has 1 aromatic carbocycles. The van der Waals surface area contributed by atoms with Gasteiger partial charge in [-0.25, -0.2) is 4.79 Å². The third kappa shape index (κ3) is 2.81. The average molecular weight is 275 g/mol. The van der Waals surface area contributed by atoms with Crippen LogP contribution in [-0.2, 0) is 0 Å². The van der Waals surface area contributed by atoms with Gasteiger partial charge in [0.1, 0.15) is 17.4 Å². The van der Waals surface area contributed by atoms with Gasteiger partial charge in [-0.05, 0) is 18.2 Å². The number of hydrogen-bond acceptors (Lipinski definition) is 4. The summed E-state index contributed by atoms with van der Waals surface area (Å²) in [5.74, 6) is -0.674. The first-order valence-corrected chi connectivity index (χ1v) is 5.54. The monoisotopic (exact) mass is 274 g/mol. The summed E-state index contributed by atoms with van der Waals surface area (Å²) in [4.78, 5) is 14.8. The molecule has 0 fully saturated rings. The molecule has 6 heteroatoms. The number of halogens is 1. The Balaban J connectivity index is 2.34. The Morgan fingerprint density at radius 3 is 2.84 bits per heavy atom. The third-order valence-corrected chi connectivity index (χ3v) is 2.62. The molecule has 0 aliphatic carbocycles. The van der Waals surface area contributed by atoms with Crippen molar-refractivity contribution in [1.82, 2.24) is 4.98 Å². The molecule has 0 unspecified atom stereocenters. The van der Waals surface area contributed by atoms with Crippen molar-refractivity contribution in [2.75, 3.05) is 0 Å². The summed E-state index contributed by atoms with van der Waals surface area (Å²) >= 11 is 5.86. The molecule has 0 saturated carbocycles. The van der Waals surface area contributed by atoms with Gasteiger partial charge in [-0.3, -0.25) is 4.98 Å². The number of nitrogens with zero attached hydrogens (tertiary/aromatic N) is 2. The van der Waals surface area contributed by atoms with Crippen LogP contribution in [0.3, 0.4) is 0 Å². The highest BCUT2D eigenvalue weighted by atomic mass is 35.5. The van der Waals surface area contributed by atoms with Crippen molar-refractivity contribution in [3.63, 3.8) is 0 Å². The minimum atomic E-state index is -1.11. The molecule has 1 aromatic heterocycles. The van der Waals surface area contributed by atoms with Gasteiger partial charge < -0.3 is 9.84 Å². The summed E-state index contributed by atoms with van der Waals surface area (Å²) in [7, 11) is 0. The summed E-state index contributed by atoms with van der Waals surface area (Å²) in [5.41, 5.74) is 0.314. The van der Waals surface area contributed by atoms with Crippen molar-refractivity contribution in [1.29, 1.82) is 5.26 Å². The van der Waals surface area contributed by atoms with Crippen LogP contribution < -0.4 is 4.74 Å². The van der Waals surface area contributed by atoms with Crippen molar-refractivity contribution in [3.05, 3.63) is 52.8 Å². The number of aromatic carboxylic acids is 1. The van der Waals surface area contributed by atoms with Crippen LogP contribution in [-0.4, -0.2) is 16.1 Å². The molecule has 0 aliphatic heterocycles. The van der Waals surface area contributed by atoms with Gasteiger partial charge in [0.25, 0.3) is 0 Å². The zero-order chi connectivity index (χ0) is 13.8. The summed E-state index contributed by atoms with van der Waals surface area (Å²) in [6, 6.07) is 7.73. The summed E-state index contributed by atoms with van der Waals surface area (Å²) in [5, 5.41) is 18.0. The Labute approximate surface area is 113 Å². The average Bonchev–Trinajstić information content (AvgIpc) is 2.39. The molecule has 5 nitrogen and oxygen atoms in total. The van der Waals surface area contributed by atoms with Gasteiger partial charge in [-0.2, -0.15) is 5.26 Å². The fourth-order valence-corrected chi connectivity index (χ4v) is 1.63. The topological polar surface area (TPSA) is 83.2 Å². The zero-order valence-electron chi connectivity index (χ0n) is 9.50. The number of rotatable bonds is 3. The fourth-order valence-electron chi connectivity index (χ4n) is 1.41. The van der Waals surface area contributed by atoms with Crippen molar-refractivity contribution >= 4 is 17.6 Å². The highest BCUT2D eigenvalue weighted by Gasteiger charge is 2.12. The highest BCUT2D eigenvalue weighted by molar-refractivity contribution is 6.31. The van der Waals surface area contributed by atoms with E-state index < -0.39 is 5.97 Å². The normalized spacial score (nSPS) is 9.68. The molecule has 0 aliphatic rings. The van der Waals surface area contributed by atoms with E-state index in [2.05, 4.69) is 4.98 Å². The first-order valence-electron chi connectivity index (χ1n) is 5.16. The molecule has 0 amide bonds. The predicted molar refractivity (Wildman–Crippen MR) is 67.4 cm³/mol. The third-order valence-electron chi connectivity index (χ3n) is 2.30. The lowest BCUT2D eigenvalue weighted by molar-refractivity contribution is 0.0694. The number of carboxylic acids is 1. The molecule has 0 radical (unpaired) electrons. The number of carbonyl (C=O) groups is 1. The van der Waals surface area contributed by atoms with Crippen LogP contribution in [0.2, 0.25) is 5.02 Å². The van der Waals surface area contributed by atoms with Crippen LogP contribution >= 0.6 is 11.6 Å². The summed E-state index contributed by atoms with van der Waals surface area (Å²) < 4.78 is 5.41. The van der Waals surface area contributed by atoms with Gasteiger partial charge >= 0.3 is 5.97 Å². The standard InChI is InChI=1S/C13H7ClN2O3/c14-11-5-9(2-1-8(11)6-15)19-12-7-16-4-3-10(12)13(17)18/h1-5,7H,(H,17,18). The van der Waals surface area contributed by atoms with E-state index >= 15 is 0 Å². The van der Waals surface area contributed by atoms with Gasteiger partial charge in [-0.15, -0.1) is 0 Å². The second-order valence-electron chi connectivity index (χ2n) is 3.53. The fraction of sp³-hybridized carbons (Fsp3) is 0. The molecular weight excluding hydrogens is 268 g/mol. The Morgan fingerprint density at radius 1 is 1.42 bits per heavy atom. The van der Waals surface area contributed by atoms with Crippen LogP contribution in [0.1, 0.15) is 15.9 Å². The Kier molecular flexibility index (Phi) is 3.64. The smallest absolute Gasteiger partial charge is 0.339 e. The van der Waals surface area contributed by atoms with Gasteiger partial charge in [0, 0.05) is 12.3 Å².